The molecule has 3 aromatic heterocycles. The third kappa shape index (κ3) is 4.65. The summed E-state index contributed by atoms with van der Waals surface area (Å²) in [7, 11) is 0. The smallest absolute Gasteiger partial charge is 0.247 e. The van der Waals surface area contributed by atoms with Gasteiger partial charge in [0.2, 0.25) is 5.91 Å². The van der Waals surface area contributed by atoms with Gasteiger partial charge in [-0.2, -0.15) is 0 Å². The average molecular weight is 407 g/mol. The van der Waals surface area contributed by atoms with Gasteiger partial charge in [0.25, 0.3) is 0 Å². The largest absolute Gasteiger partial charge is 0.331 e. The van der Waals surface area contributed by atoms with Crippen LogP contribution in [0.5, 0.6) is 0 Å². The first-order valence-corrected chi connectivity index (χ1v) is 10.4. The van der Waals surface area contributed by atoms with Crippen LogP contribution in [0.1, 0.15) is 41.1 Å². The highest BCUT2D eigenvalue weighted by atomic mass is 32.1. The molecule has 4 rings (SSSR count). The zero-order valence-corrected chi connectivity index (χ0v) is 17.2. The van der Waals surface area contributed by atoms with E-state index >= 15 is 0 Å². The van der Waals surface area contributed by atoms with E-state index in [0.717, 1.165) is 41.6 Å². The van der Waals surface area contributed by atoms with Gasteiger partial charge in [0.1, 0.15) is 17.5 Å². The minimum atomic E-state index is -0.0599. The lowest BCUT2D eigenvalue weighted by Gasteiger charge is -2.23. The summed E-state index contributed by atoms with van der Waals surface area (Å²) in [6.07, 6.45) is 6.94. The molecule has 29 heavy (non-hydrogen) atoms. The number of amides is 1. The fourth-order valence-electron chi connectivity index (χ4n) is 3.44. The predicted octanol–water partition coefficient (Wildman–Crippen LogP) is 4.07. The Bertz CT molecular complexity index is 1030. The Morgan fingerprint density at radius 3 is 2.90 bits per heavy atom. The average Bonchev–Trinajstić information content (AvgIpc) is 3.35. The first-order valence-electron chi connectivity index (χ1n) is 9.53. The lowest BCUT2D eigenvalue weighted by molar-refractivity contribution is -0.126. The first-order chi connectivity index (χ1) is 14.1. The molecule has 1 atom stereocenters. The second-order valence-electron chi connectivity index (χ2n) is 6.88. The molecule has 0 aromatic carbocycles. The molecule has 0 bridgehead atoms. The van der Waals surface area contributed by atoms with Gasteiger partial charge in [0, 0.05) is 30.3 Å². The molecule has 148 valence electrons. The van der Waals surface area contributed by atoms with Crippen LogP contribution in [0.3, 0.4) is 0 Å². The molecular weight excluding hydrogens is 384 g/mol. The number of rotatable bonds is 5. The normalized spacial score (nSPS) is 16.5. The Labute approximate surface area is 173 Å². The van der Waals surface area contributed by atoms with Gasteiger partial charge in [0.15, 0.2) is 0 Å². The standard InChI is InChI=1S/C21H22N6OS/c1-14-23-17(12-20(24-14)26-19-7-3-4-10-22-19)18-6-5-11-27(18)21(28)9-8-16-13-29-15(2)25-16/h3-4,7-10,12-13,18H,5-6,11H2,1-2H3,(H,22,23,24,26)/b9-8+. The quantitative estimate of drug-likeness (QED) is 0.643. The molecule has 0 radical (unpaired) electrons. The van der Waals surface area contributed by atoms with Crippen LogP contribution in [0.25, 0.3) is 6.08 Å². The van der Waals surface area contributed by atoms with Gasteiger partial charge in [-0.25, -0.2) is 19.9 Å². The van der Waals surface area contributed by atoms with Crippen LogP contribution in [0.2, 0.25) is 0 Å². The van der Waals surface area contributed by atoms with E-state index in [2.05, 4.69) is 25.3 Å². The number of hydrogen-bond acceptors (Lipinski definition) is 7. The molecule has 8 heteroatoms. The molecule has 1 unspecified atom stereocenters. The lowest BCUT2D eigenvalue weighted by atomic mass is 10.1. The van der Waals surface area contributed by atoms with Crippen LogP contribution < -0.4 is 5.32 Å². The third-order valence-corrected chi connectivity index (χ3v) is 5.48. The van der Waals surface area contributed by atoms with E-state index in [0.29, 0.717) is 11.6 Å². The van der Waals surface area contributed by atoms with Crippen LogP contribution in [-0.4, -0.2) is 37.3 Å². The second-order valence-corrected chi connectivity index (χ2v) is 7.94. The maximum absolute atomic E-state index is 12.8. The number of hydrogen-bond donors (Lipinski definition) is 1. The Kier molecular flexibility index (Phi) is 5.62. The SMILES string of the molecule is Cc1nc(Nc2ccccn2)cc(C2CCCN2C(=O)/C=C/c2csc(C)n2)n1. The van der Waals surface area contributed by atoms with E-state index in [4.69, 9.17) is 0 Å². The van der Waals surface area contributed by atoms with E-state index in [1.165, 1.54) is 0 Å². The number of aromatic nitrogens is 4. The maximum atomic E-state index is 12.8. The number of aryl methyl sites for hydroxylation is 2. The zero-order chi connectivity index (χ0) is 20.2. The molecule has 1 saturated heterocycles. The fraction of sp³-hybridized carbons (Fsp3) is 0.286. The lowest BCUT2D eigenvalue weighted by Crippen LogP contribution is -2.29. The number of anilines is 2. The number of pyridine rings is 1. The van der Waals surface area contributed by atoms with E-state index in [-0.39, 0.29) is 11.9 Å². The van der Waals surface area contributed by atoms with Crippen molar-refractivity contribution in [2.45, 2.75) is 32.7 Å². The summed E-state index contributed by atoms with van der Waals surface area (Å²) in [6.45, 7) is 4.53. The monoisotopic (exact) mass is 406 g/mol. The van der Waals surface area contributed by atoms with E-state index in [9.17, 15) is 4.79 Å². The number of carbonyl (C=O) groups excluding carboxylic acids is 1. The summed E-state index contributed by atoms with van der Waals surface area (Å²) in [5, 5.41) is 6.15. The van der Waals surface area contributed by atoms with Crippen molar-refractivity contribution in [3.8, 4) is 0 Å². The van der Waals surface area contributed by atoms with E-state index in [1.54, 1.807) is 29.7 Å². The van der Waals surface area contributed by atoms with Gasteiger partial charge in [-0.3, -0.25) is 4.79 Å². The number of nitrogens with zero attached hydrogens (tertiary/aromatic N) is 5. The molecule has 0 saturated carbocycles. The first kappa shape index (κ1) is 19.2. The zero-order valence-electron chi connectivity index (χ0n) is 16.4. The third-order valence-electron chi connectivity index (χ3n) is 4.69. The predicted molar refractivity (Wildman–Crippen MR) is 114 cm³/mol. The second kappa shape index (κ2) is 8.48. The van der Waals surface area contributed by atoms with Gasteiger partial charge in [-0.05, 0) is 44.9 Å². The van der Waals surface area contributed by atoms with E-state index < -0.39 is 0 Å². The molecule has 0 spiro atoms. The van der Waals surface area contributed by atoms with Crippen LogP contribution in [0, 0.1) is 13.8 Å². The van der Waals surface area contributed by atoms with Crippen molar-refractivity contribution in [1.82, 2.24) is 24.8 Å². The van der Waals surface area contributed by atoms with Gasteiger partial charge >= 0.3 is 0 Å². The minimum absolute atomic E-state index is 0.0198. The molecule has 1 fully saturated rings. The molecule has 1 aliphatic heterocycles. The summed E-state index contributed by atoms with van der Waals surface area (Å²) in [4.78, 5) is 32.4. The van der Waals surface area contributed by atoms with Crippen LogP contribution in [0.4, 0.5) is 11.6 Å². The number of thiazole rings is 1. The maximum Gasteiger partial charge on any atom is 0.247 e. The molecule has 1 aliphatic rings. The summed E-state index contributed by atoms with van der Waals surface area (Å²) in [6, 6.07) is 7.51. The van der Waals surface area contributed by atoms with Gasteiger partial charge < -0.3 is 10.2 Å². The Balaban J connectivity index is 1.53. The summed E-state index contributed by atoms with van der Waals surface area (Å²) in [5.74, 6) is 2.04. The van der Waals surface area contributed by atoms with Crippen molar-refractivity contribution in [2.75, 3.05) is 11.9 Å². The van der Waals surface area contributed by atoms with Crippen LogP contribution >= 0.6 is 11.3 Å². The molecule has 4 heterocycles. The topological polar surface area (TPSA) is 83.9 Å². The molecule has 7 nitrogen and oxygen atoms in total. The van der Waals surface area contributed by atoms with Crippen molar-refractivity contribution in [3.05, 3.63) is 64.1 Å². The minimum Gasteiger partial charge on any atom is -0.331 e. The Morgan fingerprint density at radius 2 is 2.14 bits per heavy atom. The van der Waals surface area contributed by atoms with Crippen LogP contribution in [0.15, 0.2) is 41.9 Å². The van der Waals surface area contributed by atoms with Crippen molar-refractivity contribution < 1.29 is 4.79 Å². The highest BCUT2D eigenvalue weighted by Crippen LogP contribution is 2.32. The summed E-state index contributed by atoms with van der Waals surface area (Å²) < 4.78 is 0. The van der Waals surface area contributed by atoms with Crippen LogP contribution in [-0.2, 0) is 4.79 Å². The molecule has 1 amide bonds. The highest BCUT2D eigenvalue weighted by Gasteiger charge is 2.30. The molecule has 0 aliphatic carbocycles. The Morgan fingerprint density at radius 1 is 1.24 bits per heavy atom. The molecule has 1 N–H and O–H groups in total. The van der Waals surface area contributed by atoms with E-state index in [1.807, 2.05) is 48.4 Å². The van der Waals surface area contributed by atoms with Crippen molar-refractivity contribution >= 4 is 35.0 Å². The van der Waals surface area contributed by atoms with Gasteiger partial charge in [-0.15, -0.1) is 11.3 Å². The number of likely N-dealkylation sites (tertiary alicyclic amines) is 1. The highest BCUT2D eigenvalue weighted by molar-refractivity contribution is 7.09. The summed E-state index contributed by atoms with van der Waals surface area (Å²) in [5.41, 5.74) is 1.66. The van der Waals surface area contributed by atoms with Crippen molar-refractivity contribution in [1.29, 1.82) is 0 Å². The summed E-state index contributed by atoms with van der Waals surface area (Å²) >= 11 is 1.57. The molecule has 3 aromatic rings. The number of carbonyl (C=O) groups is 1. The Hall–Kier alpha value is -3.13. The number of nitrogens with one attached hydrogen (secondary N) is 1. The van der Waals surface area contributed by atoms with Crippen molar-refractivity contribution in [3.63, 3.8) is 0 Å². The van der Waals surface area contributed by atoms with Gasteiger partial charge in [-0.1, -0.05) is 6.07 Å². The van der Waals surface area contributed by atoms with Gasteiger partial charge in [0.05, 0.1) is 22.4 Å². The van der Waals surface area contributed by atoms with Crippen molar-refractivity contribution in [2.24, 2.45) is 0 Å². The fourth-order valence-corrected chi connectivity index (χ4v) is 4.02. The molecular formula is C21H22N6OS.